The summed E-state index contributed by atoms with van der Waals surface area (Å²) in [7, 11) is 0. The summed E-state index contributed by atoms with van der Waals surface area (Å²) < 4.78 is 0. The number of unbranched alkanes of at least 4 members (excludes halogenated alkanes) is 1. The standard InChI is InChI=1S/C16H18N2O/c1-2-3-4-16(19)18-15-7-5-13(6-8-15)14-9-11-17-12-10-14/h5-12H,2-4H2,1H3,(H,18,19). The minimum Gasteiger partial charge on any atom is -0.326 e. The normalized spacial score (nSPS) is 10.2. The largest absolute Gasteiger partial charge is 0.326 e. The Labute approximate surface area is 113 Å². The number of nitrogens with one attached hydrogen (secondary N) is 1. The molecule has 0 bridgehead atoms. The van der Waals surface area contributed by atoms with E-state index < -0.39 is 0 Å². The molecule has 19 heavy (non-hydrogen) atoms. The monoisotopic (exact) mass is 254 g/mol. The lowest BCUT2D eigenvalue weighted by atomic mass is 10.1. The van der Waals surface area contributed by atoms with Crippen LogP contribution < -0.4 is 5.32 Å². The first-order valence-electron chi connectivity index (χ1n) is 6.60. The molecule has 0 saturated heterocycles. The summed E-state index contributed by atoms with van der Waals surface area (Å²) >= 11 is 0. The molecular weight excluding hydrogens is 236 g/mol. The van der Waals surface area contributed by atoms with Crippen LogP contribution in [-0.4, -0.2) is 10.9 Å². The van der Waals surface area contributed by atoms with Crippen molar-refractivity contribution in [1.29, 1.82) is 0 Å². The van der Waals surface area contributed by atoms with Crippen LogP contribution in [0.15, 0.2) is 48.8 Å². The van der Waals surface area contributed by atoms with Crippen LogP contribution in [-0.2, 0) is 4.79 Å². The lowest BCUT2D eigenvalue weighted by Gasteiger charge is -2.06. The van der Waals surface area contributed by atoms with E-state index in [2.05, 4.69) is 17.2 Å². The van der Waals surface area contributed by atoms with E-state index in [1.165, 1.54) is 0 Å². The summed E-state index contributed by atoms with van der Waals surface area (Å²) in [4.78, 5) is 15.6. The minimum absolute atomic E-state index is 0.0820. The highest BCUT2D eigenvalue weighted by Gasteiger charge is 2.02. The number of aromatic nitrogens is 1. The van der Waals surface area contributed by atoms with Crippen molar-refractivity contribution in [3.8, 4) is 11.1 Å². The number of amides is 1. The molecule has 0 saturated carbocycles. The van der Waals surface area contributed by atoms with E-state index in [1.807, 2.05) is 36.4 Å². The van der Waals surface area contributed by atoms with Crippen molar-refractivity contribution in [2.24, 2.45) is 0 Å². The number of anilines is 1. The molecule has 3 nitrogen and oxygen atoms in total. The van der Waals surface area contributed by atoms with Gasteiger partial charge in [0.05, 0.1) is 0 Å². The zero-order chi connectivity index (χ0) is 13.5. The first-order chi connectivity index (χ1) is 9.29. The first kappa shape index (κ1) is 13.3. The highest BCUT2D eigenvalue weighted by atomic mass is 16.1. The maximum absolute atomic E-state index is 11.6. The Morgan fingerprint density at radius 2 is 1.68 bits per heavy atom. The fraction of sp³-hybridized carbons (Fsp3) is 0.250. The van der Waals surface area contributed by atoms with E-state index in [9.17, 15) is 4.79 Å². The Hall–Kier alpha value is -2.16. The van der Waals surface area contributed by atoms with Crippen molar-refractivity contribution < 1.29 is 4.79 Å². The van der Waals surface area contributed by atoms with Gasteiger partial charge in [0.25, 0.3) is 0 Å². The van der Waals surface area contributed by atoms with Crippen LogP contribution >= 0.6 is 0 Å². The van der Waals surface area contributed by atoms with Gasteiger partial charge in [0.1, 0.15) is 0 Å². The molecule has 0 atom stereocenters. The van der Waals surface area contributed by atoms with Crippen molar-refractivity contribution in [1.82, 2.24) is 4.98 Å². The van der Waals surface area contributed by atoms with E-state index in [4.69, 9.17) is 0 Å². The SMILES string of the molecule is CCCCC(=O)Nc1ccc(-c2ccncc2)cc1. The Bertz CT molecular complexity index is 520. The van der Waals surface area contributed by atoms with E-state index in [0.29, 0.717) is 6.42 Å². The third-order valence-corrected chi connectivity index (χ3v) is 2.94. The molecule has 98 valence electrons. The van der Waals surface area contributed by atoms with Crippen LogP contribution in [0.2, 0.25) is 0 Å². The fourth-order valence-electron chi connectivity index (χ4n) is 1.85. The minimum atomic E-state index is 0.0820. The first-order valence-corrected chi connectivity index (χ1v) is 6.60. The molecule has 0 fully saturated rings. The highest BCUT2D eigenvalue weighted by Crippen LogP contribution is 2.20. The van der Waals surface area contributed by atoms with Crippen molar-refractivity contribution in [3.63, 3.8) is 0 Å². The molecule has 1 aromatic heterocycles. The van der Waals surface area contributed by atoms with Gasteiger partial charge in [0.15, 0.2) is 0 Å². The second-order valence-corrected chi connectivity index (χ2v) is 4.46. The van der Waals surface area contributed by atoms with Crippen molar-refractivity contribution in [2.75, 3.05) is 5.32 Å². The van der Waals surface area contributed by atoms with E-state index >= 15 is 0 Å². The van der Waals surface area contributed by atoms with Crippen molar-refractivity contribution in [2.45, 2.75) is 26.2 Å². The molecule has 0 spiro atoms. The Balaban J connectivity index is 2.01. The van der Waals surface area contributed by atoms with Crippen LogP contribution in [0, 0.1) is 0 Å². The van der Waals surface area contributed by atoms with Gasteiger partial charge in [0, 0.05) is 24.5 Å². The summed E-state index contributed by atoms with van der Waals surface area (Å²) in [5.41, 5.74) is 3.09. The lowest BCUT2D eigenvalue weighted by Crippen LogP contribution is -2.10. The van der Waals surface area contributed by atoms with Gasteiger partial charge in [-0.05, 0) is 41.8 Å². The van der Waals surface area contributed by atoms with Crippen LogP contribution in [0.3, 0.4) is 0 Å². The van der Waals surface area contributed by atoms with E-state index in [-0.39, 0.29) is 5.91 Å². The summed E-state index contributed by atoms with van der Waals surface area (Å²) in [5.74, 6) is 0.0820. The number of hydrogen-bond donors (Lipinski definition) is 1. The molecule has 1 aromatic carbocycles. The Kier molecular flexibility index (Phi) is 4.67. The maximum Gasteiger partial charge on any atom is 0.224 e. The van der Waals surface area contributed by atoms with Crippen LogP contribution in [0.5, 0.6) is 0 Å². The van der Waals surface area contributed by atoms with E-state index in [1.54, 1.807) is 12.4 Å². The van der Waals surface area contributed by atoms with Gasteiger partial charge in [-0.25, -0.2) is 0 Å². The number of carbonyl (C=O) groups excluding carboxylic acids is 1. The number of pyridine rings is 1. The quantitative estimate of drug-likeness (QED) is 0.879. The van der Waals surface area contributed by atoms with Gasteiger partial charge in [-0.2, -0.15) is 0 Å². The molecule has 2 rings (SSSR count). The average molecular weight is 254 g/mol. The number of hydrogen-bond acceptors (Lipinski definition) is 2. The molecule has 3 heteroatoms. The number of benzene rings is 1. The molecule has 0 aliphatic rings. The third kappa shape index (κ3) is 3.91. The molecule has 0 radical (unpaired) electrons. The third-order valence-electron chi connectivity index (χ3n) is 2.94. The summed E-state index contributed by atoms with van der Waals surface area (Å²) in [6.07, 6.45) is 6.10. The molecule has 1 amide bonds. The lowest BCUT2D eigenvalue weighted by molar-refractivity contribution is -0.116. The molecule has 0 aliphatic heterocycles. The second-order valence-electron chi connectivity index (χ2n) is 4.46. The summed E-state index contributed by atoms with van der Waals surface area (Å²) in [6.45, 7) is 2.08. The molecule has 1 N–H and O–H groups in total. The second kappa shape index (κ2) is 6.69. The van der Waals surface area contributed by atoms with Crippen molar-refractivity contribution >= 4 is 11.6 Å². The zero-order valence-corrected chi connectivity index (χ0v) is 11.1. The molecule has 0 aliphatic carbocycles. The number of nitrogens with zero attached hydrogens (tertiary/aromatic N) is 1. The Morgan fingerprint density at radius 1 is 1.05 bits per heavy atom. The van der Waals surface area contributed by atoms with Gasteiger partial charge >= 0.3 is 0 Å². The molecular formula is C16H18N2O. The fourth-order valence-corrected chi connectivity index (χ4v) is 1.85. The summed E-state index contributed by atoms with van der Waals surface area (Å²) in [5, 5.41) is 2.90. The predicted molar refractivity (Wildman–Crippen MR) is 77.8 cm³/mol. The van der Waals surface area contributed by atoms with Crippen LogP contribution in [0.25, 0.3) is 11.1 Å². The van der Waals surface area contributed by atoms with Gasteiger partial charge in [0.2, 0.25) is 5.91 Å². The van der Waals surface area contributed by atoms with Gasteiger partial charge < -0.3 is 5.32 Å². The van der Waals surface area contributed by atoms with Gasteiger partial charge in [-0.1, -0.05) is 25.5 Å². The number of carbonyl (C=O) groups is 1. The highest BCUT2D eigenvalue weighted by molar-refractivity contribution is 5.90. The van der Waals surface area contributed by atoms with Crippen molar-refractivity contribution in [3.05, 3.63) is 48.8 Å². The average Bonchev–Trinajstić information content (AvgIpc) is 2.47. The molecule has 1 heterocycles. The van der Waals surface area contributed by atoms with Crippen LogP contribution in [0.1, 0.15) is 26.2 Å². The smallest absolute Gasteiger partial charge is 0.224 e. The van der Waals surface area contributed by atoms with E-state index in [0.717, 1.165) is 29.7 Å². The van der Waals surface area contributed by atoms with Crippen LogP contribution in [0.4, 0.5) is 5.69 Å². The Morgan fingerprint density at radius 3 is 2.32 bits per heavy atom. The zero-order valence-electron chi connectivity index (χ0n) is 11.1. The maximum atomic E-state index is 11.6. The van der Waals surface area contributed by atoms with Gasteiger partial charge in [-0.3, -0.25) is 9.78 Å². The predicted octanol–water partition coefficient (Wildman–Crippen LogP) is 3.88. The summed E-state index contributed by atoms with van der Waals surface area (Å²) in [6, 6.07) is 11.8. The molecule has 0 unspecified atom stereocenters. The van der Waals surface area contributed by atoms with Gasteiger partial charge in [-0.15, -0.1) is 0 Å². The number of rotatable bonds is 5. The topological polar surface area (TPSA) is 42.0 Å². The molecule has 2 aromatic rings.